The highest BCUT2D eigenvalue weighted by molar-refractivity contribution is 6.27. The highest BCUT2D eigenvalue weighted by atomic mass is 16.3. The number of para-hydroxylation sites is 1. The van der Waals surface area contributed by atoms with Gasteiger partial charge in [-0.05, 0) is 72.8 Å². The fourth-order valence-electron chi connectivity index (χ4n) is 7.47. The lowest BCUT2D eigenvalue weighted by molar-refractivity contribution is 0.0598. The Morgan fingerprint density at radius 2 is 1.28 bits per heavy atom. The number of nitrogens with one attached hydrogen (secondary N) is 2. The number of benzene rings is 5. The van der Waals surface area contributed by atoms with Crippen LogP contribution in [-0.4, -0.2) is 90.7 Å². The minimum atomic E-state index is -0.355. The van der Waals surface area contributed by atoms with Gasteiger partial charge in [-0.1, -0.05) is 55.1 Å². The molecule has 2 heterocycles. The minimum absolute atomic E-state index is 0.0177. The van der Waals surface area contributed by atoms with Crippen molar-refractivity contribution in [2.45, 2.75) is 12.8 Å². The highest BCUT2D eigenvalue weighted by Gasteiger charge is 2.35. The molecule has 11 heteroatoms. The standard InChI is InChI=1S/C42H40N6O5/c1-2-45(27-43)36-18-17-35-38-31(36)12-7-14-33(38)40(51)48(42(35)53)25-24-46(29-9-4-3-5-10-29)22-8-20-44-21-23-47-39(50)32-13-6-11-30-28(19-26-49)15-16-34(37(30)32)41(47)52/h2-7,9-18,27,43-44,49H,1,8,19-26H2. The van der Waals surface area contributed by atoms with Crippen LogP contribution in [-0.2, 0) is 6.42 Å². The summed E-state index contributed by atoms with van der Waals surface area (Å²) in [4.78, 5) is 60.8. The van der Waals surface area contributed by atoms with Crippen LogP contribution in [0.3, 0.4) is 0 Å². The van der Waals surface area contributed by atoms with E-state index in [-0.39, 0.29) is 43.3 Å². The van der Waals surface area contributed by atoms with E-state index < -0.39 is 0 Å². The van der Waals surface area contributed by atoms with Gasteiger partial charge in [0.2, 0.25) is 0 Å². The molecular weight excluding hydrogens is 668 g/mol. The van der Waals surface area contributed by atoms with E-state index in [0.717, 1.165) is 29.4 Å². The van der Waals surface area contributed by atoms with E-state index in [1.807, 2.05) is 54.6 Å². The first-order valence-corrected chi connectivity index (χ1v) is 17.7. The molecule has 0 saturated carbocycles. The van der Waals surface area contributed by atoms with E-state index in [1.54, 1.807) is 41.3 Å². The number of hydrogen-bond donors (Lipinski definition) is 3. The third-order valence-electron chi connectivity index (χ3n) is 10.1. The van der Waals surface area contributed by atoms with Gasteiger partial charge in [0.25, 0.3) is 23.6 Å². The molecule has 0 unspecified atom stereocenters. The number of hydrogen-bond acceptors (Lipinski definition) is 8. The Bertz CT molecular complexity index is 2220. The lowest BCUT2D eigenvalue weighted by atomic mass is 9.90. The molecule has 11 nitrogen and oxygen atoms in total. The van der Waals surface area contributed by atoms with Crippen LogP contribution in [0.4, 0.5) is 11.4 Å². The zero-order valence-electron chi connectivity index (χ0n) is 29.3. The number of nitrogens with zero attached hydrogens (tertiary/aromatic N) is 4. The zero-order valence-corrected chi connectivity index (χ0v) is 29.3. The first-order valence-electron chi connectivity index (χ1n) is 17.7. The maximum Gasteiger partial charge on any atom is 0.261 e. The van der Waals surface area contributed by atoms with Crippen molar-refractivity contribution < 1.29 is 24.3 Å². The number of carbonyl (C=O) groups excluding carboxylic acids is 4. The van der Waals surface area contributed by atoms with Crippen LogP contribution in [0.25, 0.3) is 21.5 Å². The van der Waals surface area contributed by atoms with Gasteiger partial charge in [-0.2, -0.15) is 0 Å². The summed E-state index contributed by atoms with van der Waals surface area (Å²) in [6.45, 7) is 6.26. The number of anilines is 2. The summed E-state index contributed by atoms with van der Waals surface area (Å²) in [6, 6.07) is 27.7. The van der Waals surface area contributed by atoms with Gasteiger partial charge in [0.15, 0.2) is 0 Å². The van der Waals surface area contributed by atoms with E-state index in [9.17, 15) is 24.3 Å². The van der Waals surface area contributed by atoms with Crippen molar-refractivity contribution in [1.82, 2.24) is 15.1 Å². The van der Waals surface area contributed by atoms with Crippen molar-refractivity contribution in [3.8, 4) is 0 Å². The normalized spacial score (nSPS) is 13.6. The topological polar surface area (TPSA) is 137 Å². The Morgan fingerprint density at radius 1 is 0.679 bits per heavy atom. The lowest BCUT2D eigenvalue weighted by Gasteiger charge is -2.32. The third-order valence-corrected chi connectivity index (χ3v) is 10.1. The summed E-state index contributed by atoms with van der Waals surface area (Å²) in [5.41, 5.74) is 4.41. The van der Waals surface area contributed by atoms with Crippen LogP contribution in [0, 0.1) is 5.41 Å². The van der Waals surface area contributed by atoms with Gasteiger partial charge < -0.3 is 20.2 Å². The zero-order chi connectivity index (χ0) is 37.1. The summed E-state index contributed by atoms with van der Waals surface area (Å²) >= 11 is 0. The maximum atomic E-state index is 13.8. The predicted octanol–water partition coefficient (Wildman–Crippen LogP) is 5.46. The highest BCUT2D eigenvalue weighted by Crippen LogP contribution is 2.36. The minimum Gasteiger partial charge on any atom is -0.396 e. The molecule has 0 aromatic heterocycles. The fraction of sp³-hybridized carbons (Fsp3) is 0.214. The van der Waals surface area contributed by atoms with Crippen molar-refractivity contribution >= 4 is 62.9 Å². The molecular formula is C42H40N6O5. The summed E-state index contributed by atoms with van der Waals surface area (Å²) < 4.78 is 0. The largest absolute Gasteiger partial charge is 0.396 e. The van der Waals surface area contributed by atoms with E-state index in [0.29, 0.717) is 76.7 Å². The van der Waals surface area contributed by atoms with E-state index >= 15 is 0 Å². The fourth-order valence-corrected chi connectivity index (χ4v) is 7.47. The molecule has 0 fully saturated rings. The van der Waals surface area contributed by atoms with Crippen LogP contribution in [0.5, 0.6) is 0 Å². The lowest BCUT2D eigenvalue weighted by Crippen LogP contribution is -2.45. The van der Waals surface area contributed by atoms with Crippen LogP contribution in [0.15, 0.2) is 104 Å². The second kappa shape index (κ2) is 15.2. The molecule has 2 aliphatic heterocycles. The van der Waals surface area contributed by atoms with Gasteiger partial charge in [0.1, 0.15) is 0 Å². The molecule has 0 bridgehead atoms. The SMILES string of the molecule is C=CN(C=N)c1ccc2c3c(cccc13)C(=O)N(CCN(CCCNCCN1C(=O)c3cccc4c(CCO)ccc(c34)C1=O)c1ccccc1)C2=O. The van der Waals surface area contributed by atoms with Crippen molar-refractivity contribution in [2.24, 2.45) is 0 Å². The number of carbonyl (C=O) groups is 4. The van der Waals surface area contributed by atoms with Gasteiger partial charge >= 0.3 is 0 Å². The van der Waals surface area contributed by atoms with E-state index in [2.05, 4.69) is 16.8 Å². The molecule has 5 aromatic carbocycles. The van der Waals surface area contributed by atoms with Crippen molar-refractivity contribution in [3.63, 3.8) is 0 Å². The molecule has 5 aromatic rings. The Morgan fingerprint density at radius 3 is 1.92 bits per heavy atom. The Hall–Kier alpha value is -6.17. The Labute approximate surface area is 307 Å². The molecule has 0 aliphatic carbocycles. The smallest absolute Gasteiger partial charge is 0.261 e. The van der Waals surface area contributed by atoms with Crippen molar-refractivity contribution in [3.05, 3.63) is 132 Å². The second-order valence-electron chi connectivity index (χ2n) is 13.0. The van der Waals surface area contributed by atoms with Gasteiger partial charge in [-0.3, -0.25) is 34.4 Å². The molecule has 4 amide bonds. The summed E-state index contributed by atoms with van der Waals surface area (Å²) in [5, 5.41) is 23.4. The number of rotatable bonds is 16. The quantitative estimate of drug-likeness (QED) is 0.0532. The summed E-state index contributed by atoms with van der Waals surface area (Å²) in [6.07, 6.45) is 3.82. The first-order chi connectivity index (χ1) is 25.9. The molecule has 0 spiro atoms. The summed E-state index contributed by atoms with van der Waals surface area (Å²) in [7, 11) is 0. The molecule has 53 heavy (non-hydrogen) atoms. The van der Waals surface area contributed by atoms with E-state index in [1.165, 1.54) is 16.0 Å². The monoisotopic (exact) mass is 708 g/mol. The van der Waals surface area contributed by atoms with Gasteiger partial charge in [-0.15, -0.1) is 0 Å². The van der Waals surface area contributed by atoms with Crippen LogP contribution >= 0.6 is 0 Å². The van der Waals surface area contributed by atoms with Gasteiger partial charge in [0, 0.05) is 89.6 Å². The predicted molar refractivity (Wildman–Crippen MR) is 207 cm³/mol. The first kappa shape index (κ1) is 35.2. The average Bonchev–Trinajstić information content (AvgIpc) is 3.19. The van der Waals surface area contributed by atoms with Crippen molar-refractivity contribution in [1.29, 1.82) is 5.41 Å². The van der Waals surface area contributed by atoms with Crippen LogP contribution in [0.1, 0.15) is 53.4 Å². The molecule has 0 saturated heterocycles. The Kier molecular flexibility index (Phi) is 10.1. The summed E-state index contributed by atoms with van der Waals surface area (Å²) in [5.74, 6) is -1.35. The number of amides is 4. The van der Waals surface area contributed by atoms with Crippen LogP contribution in [0.2, 0.25) is 0 Å². The molecule has 3 N–H and O–H groups in total. The van der Waals surface area contributed by atoms with Crippen molar-refractivity contribution in [2.75, 3.05) is 55.7 Å². The number of imide groups is 2. The molecule has 0 atom stereocenters. The maximum absolute atomic E-state index is 13.8. The average molecular weight is 709 g/mol. The number of aliphatic hydroxyl groups is 1. The molecule has 268 valence electrons. The van der Waals surface area contributed by atoms with E-state index in [4.69, 9.17) is 5.41 Å². The second-order valence-corrected chi connectivity index (χ2v) is 13.0. The molecule has 7 rings (SSSR count). The van der Waals surface area contributed by atoms with Gasteiger partial charge in [0.05, 0.1) is 12.0 Å². The molecule has 0 radical (unpaired) electrons. The molecule has 2 aliphatic rings. The van der Waals surface area contributed by atoms with Gasteiger partial charge in [-0.25, -0.2) is 0 Å². The third kappa shape index (κ3) is 6.45. The van der Waals surface area contributed by atoms with Crippen LogP contribution < -0.4 is 15.1 Å². The number of aliphatic hydroxyl groups excluding tert-OH is 1. The Balaban J connectivity index is 0.980.